The number of hydrogen-bond acceptors (Lipinski definition) is 7. The number of anilines is 2. The highest BCUT2D eigenvalue weighted by Crippen LogP contribution is 2.29. The molecule has 1 aromatic heterocycles. The summed E-state index contributed by atoms with van der Waals surface area (Å²) in [6, 6.07) is 28.1. The van der Waals surface area contributed by atoms with E-state index < -0.39 is 10.0 Å². The van der Waals surface area contributed by atoms with Crippen molar-refractivity contribution in [2.24, 2.45) is 0 Å². The van der Waals surface area contributed by atoms with Crippen molar-refractivity contribution in [1.29, 1.82) is 0 Å². The Labute approximate surface area is 258 Å². The van der Waals surface area contributed by atoms with E-state index in [4.69, 9.17) is 14.5 Å². The molecule has 0 aliphatic carbocycles. The summed E-state index contributed by atoms with van der Waals surface area (Å²) in [4.78, 5) is 13.5. The molecule has 1 fully saturated rings. The fourth-order valence-corrected chi connectivity index (χ4v) is 6.50. The van der Waals surface area contributed by atoms with Gasteiger partial charge in [0, 0.05) is 44.0 Å². The number of rotatable bonds is 11. The molecule has 4 aromatic carbocycles. The lowest BCUT2D eigenvalue weighted by Crippen LogP contribution is -2.47. The third-order valence-electron chi connectivity index (χ3n) is 7.97. The van der Waals surface area contributed by atoms with Gasteiger partial charge in [0.2, 0.25) is 0 Å². The number of methoxy groups -OCH3 is 1. The highest BCUT2D eigenvalue weighted by molar-refractivity contribution is 7.92. The third kappa shape index (κ3) is 6.66. The molecule has 1 saturated heterocycles. The molecule has 2 heterocycles. The number of para-hydroxylation sites is 1. The van der Waals surface area contributed by atoms with Gasteiger partial charge in [-0.1, -0.05) is 31.2 Å². The molecule has 1 aliphatic heterocycles. The average molecular weight is 612 g/mol. The maximum absolute atomic E-state index is 12.7. The number of piperazine rings is 1. The first kappa shape index (κ1) is 29.5. The van der Waals surface area contributed by atoms with E-state index in [-0.39, 0.29) is 4.90 Å². The first-order chi connectivity index (χ1) is 21.4. The van der Waals surface area contributed by atoms with E-state index in [1.807, 2.05) is 0 Å². The molecule has 0 radical (unpaired) electrons. The van der Waals surface area contributed by atoms with Crippen LogP contribution in [-0.2, 0) is 16.4 Å². The number of aryl methyl sites for hydroxylation is 1. The summed E-state index contributed by atoms with van der Waals surface area (Å²) < 4.78 is 39.1. The Morgan fingerprint density at radius 2 is 1.61 bits per heavy atom. The molecule has 10 heteroatoms. The lowest BCUT2D eigenvalue weighted by atomic mass is 10.1. The zero-order valence-electron chi connectivity index (χ0n) is 25.0. The molecule has 5 aromatic rings. The van der Waals surface area contributed by atoms with Crippen LogP contribution < -0.4 is 19.1 Å². The SMILES string of the molecule is CCc1cccc(-c2nc3c(N4CCN(CCOc5ccc(NS(=O)(=O)c6ccc(OC)cc6)cc5)CC4)cccc3[nH]2)c1. The van der Waals surface area contributed by atoms with Gasteiger partial charge in [-0.2, -0.15) is 0 Å². The van der Waals surface area contributed by atoms with Crippen molar-refractivity contribution >= 4 is 32.4 Å². The number of nitrogens with one attached hydrogen (secondary N) is 2. The predicted octanol–water partition coefficient (Wildman–Crippen LogP) is 5.80. The van der Waals surface area contributed by atoms with Crippen LogP contribution in [-0.4, -0.2) is 69.7 Å². The minimum Gasteiger partial charge on any atom is -0.497 e. The van der Waals surface area contributed by atoms with Gasteiger partial charge in [0.1, 0.15) is 29.4 Å². The van der Waals surface area contributed by atoms with E-state index in [1.165, 1.54) is 24.8 Å². The molecule has 44 heavy (non-hydrogen) atoms. The van der Waals surface area contributed by atoms with Gasteiger partial charge >= 0.3 is 0 Å². The van der Waals surface area contributed by atoms with Crippen LogP contribution in [0.4, 0.5) is 11.4 Å². The molecule has 0 atom stereocenters. The van der Waals surface area contributed by atoms with Crippen LogP contribution in [0.25, 0.3) is 22.4 Å². The number of imidazole rings is 1. The zero-order valence-corrected chi connectivity index (χ0v) is 25.8. The summed E-state index contributed by atoms with van der Waals surface area (Å²) in [6.45, 7) is 7.21. The maximum atomic E-state index is 12.7. The molecule has 0 unspecified atom stereocenters. The highest BCUT2D eigenvalue weighted by Gasteiger charge is 2.20. The summed E-state index contributed by atoms with van der Waals surface area (Å²) in [5.74, 6) is 2.20. The number of nitrogens with zero attached hydrogens (tertiary/aromatic N) is 3. The molecule has 9 nitrogen and oxygen atoms in total. The number of fused-ring (bicyclic) bond motifs is 1. The third-order valence-corrected chi connectivity index (χ3v) is 9.36. The Bertz CT molecular complexity index is 1810. The topological polar surface area (TPSA) is 99.8 Å². The summed E-state index contributed by atoms with van der Waals surface area (Å²) in [6.07, 6.45) is 0.997. The Morgan fingerprint density at radius 3 is 2.34 bits per heavy atom. The largest absolute Gasteiger partial charge is 0.497 e. The number of ether oxygens (including phenoxy) is 2. The molecule has 2 N–H and O–H groups in total. The number of aromatic nitrogens is 2. The second-order valence-corrected chi connectivity index (χ2v) is 12.5. The summed E-state index contributed by atoms with van der Waals surface area (Å²) in [7, 11) is -2.16. The minimum absolute atomic E-state index is 0.169. The van der Waals surface area contributed by atoms with Crippen molar-refractivity contribution < 1.29 is 17.9 Å². The second-order valence-electron chi connectivity index (χ2n) is 10.8. The minimum atomic E-state index is -3.70. The van der Waals surface area contributed by atoms with Gasteiger partial charge in [0.25, 0.3) is 10.0 Å². The van der Waals surface area contributed by atoms with Gasteiger partial charge in [-0.3, -0.25) is 9.62 Å². The van der Waals surface area contributed by atoms with Gasteiger partial charge in [-0.05, 0) is 78.7 Å². The first-order valence-electron chi connectivity index (χ1n) is 14.9. The summed E-state index contributed by atoms with van der Waals surface area (Å²) in [5.41, 5.74) is 6.10. The van der Waals surface area contributed by atoms with Gasteiger partial charge in [0.05, 0.1) is 23.2 Å². The van der Waals surface area contributed by atoms with Gasteiger partial charge in [-0.25, -0.2) is 13.4 Å². The van der Waals surface area contributed by atoms with Crippen LogP contribution in [0.2, 0.25) is 0 Å². The number of aromatic amines is 1. The van der Waals surface area contributed by atoms with Crippen LogP contribution in [0, 0.1) is 0 Å². The van der Waals surface area contributed by atoms with Crippen molar-refractivity contribution in [1.82, 2.24) is 14.9 Å². The summed E-state index contributed by atoms with van der Waals surface area (Å²) >= 11 is 0. The van der Waals surface area contributed by atoms with E-state index in [1.54, 1.807) is 36.4 Å². The molecule has 1 aliphatic rings. The number of hydrogen-bond donors (Lipinski definition) is 2. The Morgan fingerprint density at radius 1 is 0.886 bits per heavy atom. The normalized spacial score (nSPS) is 14.1. The molecule has 0 bridgehead atoms. The molecule has 6 rings (SSSR count). The zero-order chi connectivity index (χ0) is 30.5. The maximum Gasteiger partial charge on any atom is 0.261 e. The quantitative estimate of drug-likeness (QED) is 0.195. The second kappa shape index (κ2) is 13.0. The average Bonchev–Trinajstić information content (AvgIpc) is 3.51. The fourth-order valence-electron chi connectivity index (χ4n) is 5.44. The molecule has 0 amide bonds. The predicted molar refractivity (Wildman–Crippen MR) is 175 cm³/mol. The molecule has 0 spiro atoms. The number of H-pyrrole nitrogens is 1. The lowest BCUT2D eigenvalue weighted by Gasteiger charge is -2.36. The van der Waals surface area contributed by atoms with Gasteiger partial charge < -0.3 is 19.4 Å². The van der Waals surface area contributed by atoms with Crippen molar-refractivity contribution in [3.05, 3.63) is 96.6 Å². The number of sulfonamides is 1. The number of benzene rings is 4. The van der Waals surface area contributed by atoms with Crippen molar-refractivity contribution in [3.63, 3.8) is 0 Å². The highest BCUT2D eigenvalue weighted by atomic mass is 32.2. The van der Waals surface area contributed by atoms with Crippen LogP contribution >= 0.6 is 0 Å². The Balaban J connectivity index is 0.997. The van der Waals surface area contributed by atoms with Crippen molar-refractivity contribution in [2.75, 3.05) is 56.1 Å². The van der Waals surface area contributed by atoms with E-state index >= 15 is 0 Å². The Hall–Kier alpha value is -4.54. The fraction of sp³-hybridized carbons (Fsp3) is 0.265. The first-order valence-corrected chi connectivity index (χ1v) is 16.4. The Kier molecular flexibility index (Phi) is 8.72. The van der Waals surface area contributed by atoms with E-state index in [0.29, 0.717) is 23.8 Å². The van der Waals surface area contributed by atoms with Crippen molar-refractivity contribution in [2.45, 2.75) is 18.2 Å². The monoisotopic (exact) mass is 611 g/mol. The smallest absolute Gasteiger partial charge is 0.261 e. The van der Waals surface area contributed by atoms with Crippen LogP contribution in [0.5, 0.6) is 11.5 Å². The van der Waals surface area contributed by atoms with E-state index in [2.05, 4.69) is 68.9 Å². The van der Waals surface area contributed by atoms with E-state index in [9.17, 15) is 8.42 Å². The van der Waals surface area contributed by atoms with Crippen LogP contribution in [0.15, 0.2) is 95.9 Å². The molecular weight excluding hydrogens is 574 g/mol. The van der Waals surface area contributed by atoms with Gasteiger partial charge in [0.15, 0.2) is 0 Å². The van der Waals surface area contributed by atoms with E-state index in [0.717, 1.165) is 67.3 Å². The van der Waals surface area contributed by atoms with Crippen LogP contribution in [0.1, 0.15) is 12.5 Å². The summed E-state index contributed by atoms with van der Waals surface area (Å²) in [5, 5.41) is 0. The standard InChI is InChI=1S/C34H37N5O4S/c1-3-25-6-4-7-26(24-25)34-35-31-8-5-9-32(33(31)36-34)39-20-18-38(19-21-39)22-23-43-29-12-10-27(11-13-29)37-44(40,41)30-16-14-28(42-2)15-17-30/h4-17,24,37H,3,18-23H2,1-2H3,(H,35,36). The molecule has 0 saturated carbocycles. The van der Waals surface area contributed by atoms with Crippen LogP contribution in [0.3, 0.4) is 0 Å². The molecular formula is C34H37N5O4S. The lowest BCUT2D eigenvalue weighted by molar-refractivity contribution is 0.200. The van der Waals surface area contributed by atoms with Crippen molar-refractivity contribution in [3.8, 4) is 22.9 Å². The van der Waals surface area contributed by atoms with Gasteiger partial charge in [-0.15, -0.1) is 0 Å². The molecule has 228 valence electrons.